The Bertz CT molecular complexity index is 654. The molecule has 2 heterocycles. The number of ether oxygens (including phenoxy) is 2. The molecule has 128 valence electrons. The van der Waals surface area contributed by atoms with Crippen LogP contribution in [-0.4, -0.2) is 53.8 Å². The zero-order chi connectivity index (χ0) is 16.6. The van der Waals surface area contributed by atoms with Crippen molar-refractivity contribution in [2.45, 2.75) is 25.4 Å². The smallest absolute Gasteiger partial charge is 0.233 e. The number of nitrogens with zero attached hydrogens (tertiary/aromatic N) is 3. The van der Waals surface area contributed by atoms with Gasteiger partial charge in [-0.3, -0.25) is 4.90 Å². The lowest BCUT2D eigenvalue weighted by atomic mass is 10.2. The third-order valence-corrected chi connectivity index (χ3v) is 4.18. The Morgan fingerprint density at radius 1 is 1.25 bits per heavy atom. The van der Waals surface area contributed by atoms with Crippen LogP contribution in [0.1, 0.15) is 19.3 Å². The number of rotatable bonds is 7. The van der Waals surface area contributed by atoms with Crippen molar-refractivity contribution in [1.29, 1.82) is 0 Å². The van der Waals surface area contributed by atoms with Crippen molar-refractivity contribution in [3.05, 3.63) is 43.1 Å². The number of hydrogen-bond donors (Lipinski definition) is 0. The van der Waals surface area contributed by atoms with Crippen LogP contribution in [0.4, 0.5) is 0 Å². The Morgan fingerprint density at radius 3 is 3.00 bits per heavy atom. The van der Waals surface area contributed by atoms with Gasteiger partial charge in [0.2, 0.25) is 5.88 Å². The molecular weight excluding hydrogens is 302 g/mol. The van der Waals surface area contributed by atoms with Gasteiger partial charge in [0, 0.05) is 26.2 Å². The first-order chi connectivity index (χ1) is 11.8. The lowest BCUT2D eigenvalue weighted by Gasteiger charge is -2.26. The molecule has 1 aromatic carbocycles. The fourth-order valence-electron chi connectivity index (χ4n) is 2.93. The third-order valence-electron chi connectivity index (χ3n) is 4.18. The molecule has 0 saturated carbocycles. The zero-order valence-electron chi connectivity index (χ0n) is 14.1. The number of para-hydroxylation sites is 2. The van der Waals surface area contributed by atoms with Gasteiger partial charge in [-0.2, -0.15) is 0 Å². The fourth-order valence-corrected chi connectivity index (χ4v) is 2.93. The summed E-state index contributed by atoms with van der Waals surface area (Å²) in [7, 11) is 0. The van der Waals surface area contributed by atoms with Crippen molar-refractivity contribution in [1.82, 2.24) is 14.9 Å². The minimum Gasteiger partial charge on any atom is -0.472 e. The van der Waals surface area contributed by atoms with Gasteiger partial charge in [0.1, 0.15) is 6.10 Å². The van der Waals surface area contributed by atoms with Crippen LogP contribution in [0.15, 0.2) is 43.1 Å². The van der Waals surface area contributed by atoms with Gasteiger partial charge < -0.3 is 9.47 Å². The van der Waals surface area contributed by atoms with E-state index in [1.54, 1.807) is 6.20 Å². The number of benzene rings is 1. The quantitative estimate of drug-likeness (QED) is 0.732. The first kappa shape index (κ1) is 16.9. The predicted octanol–water partition coefficient (Wildman–Crippen LogP) is 3.07. The number of allylic oxidation sites excluding steroid dienone is 1. The molecule has 1 aromatic heterocycles. The van der Waals surface area contributed by atoms with Gasteiger partial charge in [0.25, 0.3) is 0 Å². The highest BCUT2D eigenvalue weighted by atomic mass is 16.5. The van der Waals surface area contributed by atoms with E-state index in [1.807, 2.05) is 30.3 Å². The molecule has 0 spiro atoms. The molecule has 1 saturated heterocycles. The van der Waals surface area contributed by atoms with Gasteiger partial charge in [-0.1, -0.05) is 18.2 Å². The van der Waals surface area contributed by atoms with Gasteiger partial charge in [-0.15, -0.1) is 6.58 Å². The summed E-state index contributed by atoms with van der Waals surface area (Å²) in [6, 6.07) is 7.84. The second-order valence-corrected chi connectivity index (χ2v) is 6.07. The normalized spacial score (nSPS) is 17.3. The van der Waals surface area contributed by atoms with Gasteiger partial charge in [-0.25, -0.2) is 9.97 Å². The largest absolute Gasteiger partial charge is 0.472 e. The van der Waals surface area contributed by atoms with Gasteiger partial charge >= 0.3 is 0 Å². The molecular formula is C19H25N3O2. The van der Waals surface area contributed by atoms with E-state index in [9.17, 15) is 0 Å². The third kappa shape index (κ3) is 4.76. The van der Waals surface area contributed by atoms with Crippen molar-refractivity contribution >= 4 is 11.0 Å². The monoisotopic (exact) mass is 327 g/mol. The lowest BCUT2D eigenvalue weighted by Crippen LogP contribution is -2.37. The summed E-state index contributed by atoms with van der Waals surface area (Å²) >= 11 is 0. The molecule has 0 unspecified atom stereocenters. The molecule has 0 bridgehead atoms. The highest BCUT2D eigenvalue weighted by molar-refractivity contribution is 5.73. The Hall–Kier alpha value is -1.98. The highest BCUT2D eigenvalue weighted by Crippen LogP contribution is 2.16. The summed E-state index contributed by atoms with van der Waals surface area (Å²) in [5.41, 5.74) is 1.75. The van der Waals surface area contributed by atoms with E-state index in [0.29, 0.717) is 5.88 Å². The molecule has 1 atom stereocenters. The Kier molecular flexibility index (Phi) is 6.15. The van der Waals surface area contributed by atoms with Crippen LogP contribution in [0.3, 0.4) is 0 Å². The molecule has 0 radical (unpaired) electrons. The molecule has 0 amide bonds. The SMILES string of the molecule is C=CCC[C@@H](CN1CCCOCC1)Oc1cnc2ccccc2n1. The van der Waals surface area contributed by atoms with Crippen molar-refractivity contribution in [2.75, 3.05) is 32.8 Å². The van der Waals surface area contributed by atoms with Crippen molar-refractivity contribution in [3.63, 3.8) is 0 Å². The first-order valence-electron chi connectivity index (χ1n) is 8.64. The maximum Gasteiger partial charge on any atom is 0.233 e. The summed E-state index contributed by atoms with van der Waals surface area (Å²) < 4.78 is 11.7. The lowest BCUT2D eigenvalue weighted by molar-refractivity contribution is 0.109. The molecule has 1 aliphatic heterocycles. The highest BCUT2D eigenvalue weighted by Gasteiger charge is 2.18. The second kappa shape index (κ2) is 8.76. The Morgan fingerprint density at radius 2 is 2.12 bits per heavy atom. The predicted molar refractivity (Wildman–Crippen MR) is 95.3 cm³/mol. The molecule has 1 aliphatic rings. The molecule has 0 aliphatic carbocycles. The Labute approximate surface area is 143 Å². The van der Waals surface area contributed by atoms with Crippen molar-refractivity contribution < 1.29 is 9.47 Å². The van der Waals surface area contributed by atoms with Gasteiger partial charge in [-0.05, 0) is 31.4 Å². The van der Waals surface area contributed by atoms with Crippen LogP contribution < -0.4 is 4.74 Å². The van der Waals surface area contributed by atoms with E-state index in [0.717, 1.165) is 63.1 Å². The van der Waals surface area contributed by atoms with E-state index in [1.165, 1.54) is 0 Å². The van der Waals surface area contributed by atoms with Crippen LogP contribution in [-0.2, 0) is 4.74 Å². The maximum absolute atomic E-state index is 6.16. The minimum absolute atomic E-state index is 0.0802. The average molecular weight is 327 g/mol. The van der Waals surface area contributed by atoms with Gasteiger partial charge in [0.05, 0.1) is 23.8 Å². The Balaban J connectivity index is 1.68. The van der Waals surface area contributed by atoms with E-state index >= 15 is 0 Å². The summed E-state index contributed by atoms with van der Waals surface area (Å²) in [5, 5.41) is 0. The van der Waals surface area contributed by atoms with Crippen LogP contribution in [0.25, 0.3) is 11.0 Å². The van der Waals surface area contributed by atoms with Crippen LogP contribution in [0.5, 0.6) is 5.88 Å². The van der Waals surface area contributed by atoms with E-state index in [-0.39, 0.29) is 6.10 Å². The standard InChI is InChI=1S/C19H25N3O2/c1-2-3-7-16(15-22-10-6-12-23-13-11-22)24-19-14-20-17-8-4-5-9-18(17)21-19/h2,4-5,8-9,14,16H,1,3,6-7,10-13,15H2/t16-/m0/s1. The van der Waals surface area contributed by atoms with E-state index < -0.39 is 0 Å². The molecule has 2 aromatic rings. The molecule has 24 heavy (non-hydrogen) atoms. The number of aromatic nitrogens is 2. The molecule has 5 nitrogen and oxygen atoms in total. The minimum atomic E-state index is 0.0802. The fraction of sp³-hybridized carbons (Fsp3) is 0.474. The van der Waals surface area contributed by atoms with Crippen molar-refractivity contribution in [3.8, 4) is 5.88 Å². The van der Waals surface area contributed by atoms with Crippen LogP contribution >= 0.6 is 0 Å². The zero-order valence-corrected chi connectivity index (χ0v) is 14.1. The van der Waals surface area contributed by atoms with Crippen molar-refractivity contribution in [2.24, 2.45) is 0 Å². The second-order valence-electron chi connectivity index (χ2n) is 6.07. The molecule has 5 heteroatoms. The topological polar surface area (TPSA) is 47.5 Å². The maximum atomic E-state index is 6.16. The summed E-state index contributed by atoms with van der Waals surface area (Å²) in [5.74, 6) is 0.592. The first-order valence-corrected chi connectivity index (χ1v) is 8.64. The van der Waals surface area contributed by atoms with Crippen LogP contribution in [0, 0.1) is 0 Å². The van der Waals surface area contributed by atoms with E-state index in [4.69, 9.17) is 9.47 Å². The number of fused-ring (bicyclic) bond motifs is 1. The van der Waals surface area contributed by atoms with Gasteiger partial charge in [0.15, 0.2) is 0 Å². The summed E-state index contributed by atoms with van der Waals surface area (Å²) in [6.07, 6.45) is 6.66. The summed E-state index contributed by atoms with van der Waals surface area (Å²) in [6.45, 7) is 8.36. The number of hydrogen-bond acceptors (Lipinski definition) is 5. The molecule has 0 N–H and O–H groups in total. The van der Waals surface area contributed by atoms with E-state index in [2.05, 4.69) is 21.4 Å². The van der Waals surface area contributed by atoms with Crippen LogP contribution in [0.2, 0.25) is 0 Å². The molecule has 1 fully saturated rings. The summed E-state index contributed by atoms with van der Waals surface area (Å²) in [4.78, 5) is 11.4. The molecule has 3 rings (SSSR count). The average Bonchev–Trinajstić information content (AvgIpc) is 2.88.